The van der Waals surface area contributed by atoms with Crippen LogP contribution < -0.4 is 5.32 Å². The van der Waals surface area contributed by atoms with Crippen LogP contribution in [0.4, 0.5) is 0 Å². The molecule has 1 atom stereocenters. The van der Waals surface area contributed by atoms with Gasteiger partial charge in [-0.1, -0.05) is 23.4 Å². The summed E-state index contributed by atoms with van der Waals surface area (Å²) in [5.41, 5.74) is 3.26. The summed E-state index contributed by atoms with van der Waals surface area (Å²) in [6.45, 7) is 3.75. The average Bonchev–Trinajstić information content (AvgIpc) is 3.31. The Kier molecular flexibility index (Phi) is 5.66. The van der Waals surface area contributed by atoms with Crippen LogP contribution in [-0.2, 0) is 16.0 Å². The summed E-state index contributed by atoms with van der Waals surface area (Å²) in [5.74, 6) is -0.677. The molecule has 0 spiro atoms. The monoisotopic (exact) mass is 385 g/mol. The highest BCUT2D eigenvalue weighted by molar-refractivity contribution is 7.08. The Morgan fingerprint density at radius 2 is 2.11 bits per heavy atom. The number of benzene rings is 1. The van der Waals surface area contributed by atoms with E-state index in [0.29, 0.717) is 17.3 Å². The third-order valence-electron chi connectivity index (χ3n) is 4.32. The molecular weight excluding hydrogens is 366 g/mol. The lowest BCUT2D eigenvalue weighted by molar-refractivity contribution is -0.142. The van der Waals surface area contributed by atoms with Gasteiger partial charge in [-0.2, -0.15) is 16.3 Å². The van der Waals surface area contributed by atoms with Crippen LogP contribution in [0.25, 0.3) is 11.4 Å². The second kappa shape index (κ2) is 8.13. The molecule has 2 N–H and O–H groups in total. The Morgan fingerprint density at radius 1 is 1.30 bits per heavy atom. The van der Waals surface area contributed by atoms with Crippen LogP contribution in [0.2, 0.25) is 0 Å². The van der Waals surface area contributed by atoms with Gasteiger partial charge in [-0.15, -0.1) is 0 Å². The van der Waals surface area contributed by atoms with Gasteiger partial charge in [0.2, 0.25) is 17.6 Å². The third-order valence-corrected chi connectivity index (χ3v) is 5.01. The number of carboxylic acid groups (broad SMARTS) is 1. The molecule has 2 aromatic heterocycles. The number of carboxylic acids is 1. The highest BCUT2D eigenvalue weighted by Crippen LogP contribution is 2.22. The second-order valence-electron chi connectivity index (χ2n) is 6.15. The van der Waals surface area contributed by atoms with Crippen molar-refractivity contribution in [2.75, 3.05) is 0 Å². The molecule has 7 nitrogen and oxygen atoms in total. The molecule has 0 aliphatic heterocycles. The average molecular weight is 385 g/mol. The molecule has 0 saturated heterocycles. The van der Waals surface area contributed by atoms with Crippen LogP contribution in [-0.4, -0.2) is 27.1 Å². The topological polar surface area (TPSA) is 105 Å². The van der Waals surface area contributed by atoms with E-state index in [4.69, 9.17) is 4.52 Å². The van der Waals surface area contributed by atoms with Crippen LogP contribution >= 0.6 is 11.3 Å². The van der Waals surface area contributed by atoms with Gasteiger partial charge >= 0.3 is 5.97 Å². The lowest BCUT2D eigenvalue weighted by Crippen LogP contribution is -2.34. The minimum Gasteiger partial charge on any atom is -0.479 e. The van der Waals surface area contributed by atoms with Crippen LogP contribution in [0.1, 0.15) is 35.0 Å². The number of carbonyl (C=O) groups excluding carboxylic acids is 1. The maximum atomic E-state index is 12.3. The predicted octanol–water partition coefficient (Wildman–Crippen LogP) is 3.29. The lowest BCUT2D eigenvalue weighted by atomic mass is 9.97. The van der Waals surface area contributed by atoms with Crippen LogP contribution in [0.3, 0.4) is 0 Å². The number of hydrogen-bond donors (Lipinski definition) is 2. The molecule has 0 aliphatic rings. The van der Waals surface area contributed by atoms with E-state index >= 15 is 0 Å². The zero-order chi connectivity index (χ0) is 19.4. The van der Waals surface area contributed by atoms with E-state index in [-0.39, 0.29) is 12.8 Å². The van der Waals surface area contributed by atoms with E-state index in [9.17, 15) is 14.7 Å². The van der Waals surface area contributed by atoms with Crippen molar-refractivity contribution in [3.8, 4) is 11.4 Å². The van der Waals surface area contributed by atoms with E-state index < -0.39 is 17.9 Å². The van der Waals surface area contributed by atoms with Crippen molar-refractivity contribution in [1.29, 1.82) is 0 Å². The van der Waals surface area contributed by atoms with Gasteiger partial charge in [0.15, 0.2) is 6.04 Å². The summed E-state index contributed by atoms with van der Waals surface area (Å²) in [6, 6.07) is 6.19. The van der Waals surface area contributed by atoms with E-state index in [1.54, 1.807) is 12.1 Å². The Labute approximate surface area is 160 Å². The molecule has 3 rings (SSSR count). The summed E-state index contributed by atoms with van der Waals surface area (Å²) in [6.07, 6.45) is 0.294. The van der Waals surface area contributed by atoms with Crippen molar-refractivity contribution < 1.29 is 19.2 Å². The summed E-state index contributed by atoms with van der Waals surface area (Å²) >= 11 is 1.53. The summed E-state index contributed by atoms with van der Waals surface area (Å²) in [5, 5.41) is 19.8. The first-order valence-corrected chi connectivity index (χ1v) is 9.33. The minimum absolute atomic E-state index is 0.0555. The van der Waals surface area contributed by atoms with Gasteiger partial charge in [-0.3, -0.25) is 4.79 Å². The van der Waals surface area contributed by atoms with Gasteiger partial charge in [0.25, 0.3) is 0 Å². The predicted molar refractivity (Wildman–Crippen MR) is 100 cm³/mol. The Balaban J connectivity index is 1.63. The van der Waals surface area contributed by atoms with Gasteiger partial charge in [0, 0.05) is 23.8 Å². The molecular formula is C19H19N3O4S. The van der Waals surface area contributed by atoms with Gasteiger partial charge < -0.3 is 14.9 Å². The number of nitrogens with one attached hydrogen (secondary N) is 1. The molecule has 0 radical (unpaired) electrons. The molecule has 0 aliphatic carbocycles. The quantitative estimate of drug-likeness (QED) is 0.646. The summed E-state index contributed by atoms with van der Waals surface area (Å²) in [7, 11) is 0. The number of aliphatic carboxylic acids is 1. The third kappa shape index (κ3) is 4.40. The molecule has 27 heavy (non-hydrogen) atoms. The maximum Gasteiger partial charge on any atom is 0.330 e. The second-order valence-corrected chi connectivity index (χ2v) is 6.93. The lowest BCUT2D eigenvalue weighted by Gasteiger charge is -2.18. The van der Waals surface area contributed by atoms with Gasteiger partial charge in [-0.05, 0) is 42.0 Å². The van der Waals surface area contributed by atoms with Crippen molar-refractivity contribution >= 4 is 23.2 Å². The molecule has 140 valence electrons. The largest absolute Gasteiger partial charge is 0.479 e. The Hall–Kier alpha value is -3.00. The van der Waals surface area contributed by atoms with Crippen molar-refractivity contribution in [2.45, 2.75) is 32.7 Å². The van der Waals surface area contributed by atoms with Crippen molar-refractivity contribution in [1.82, 2.24) is 15.5 Å². The van der Waals surface area contributed by atoms with Gasteiger partial charge in [-0.25, -0.2) is 4.79 Å². The number of aromatic nitrogens is 2. The number of aryl methyl sites for hydroxylation is 2. The molecule has 0 bridgehead atoms. The number of carbonyl (C=O) groups is 2. The molecule has 0 fully saturated rings. The first kappa shape index (κ1) is 18.8. The molecule has 8 heteroatoms. The van der Waals surface area contributed by atoms with Crippen LogP contribution in [0.15, 0.2) is 39.5 Å². The zero-order valence-electron chi connectivity index (χ0n) is 14.9. The highest BCUT2D eigenvalue weighted by atomic mass is 32.1. The van der Waals surface area contributed by atoms with Crippen LogP contribution in [0, 0.1) is 13.8 Å². The van der Waals surface area contributed by atoms with E-state index in [1.165, 1.54) is 11.3 Å². The molecule has 3 aromatic rings. The standard InChI is InChI=1S/C19H19N3O4S/c1-11-4-3-5-14(12(11)2)17(19(24)25)20-15(23)6-7-16-21-18(22-26-16)13-8-9-27-10-13/h3-5,8-10,17H,6-7H2,1-2H3,(H,20,23)(H,24,25). The molecule has 2 heterocycles. The van der Waals surface area contributed by atoms with Crippen LogP contribution in [0.5, 0.6) is 0 Å². The van der Waals surface area contributed by atoms with Crippen molar-refractivity contribution in [3.05, 3.63) is 57.6 Å². The first-order chi connectivity index (χ1) is 13.0. The molecule has 0 saturated carbocycles. The van der Waals surface area contributed by atoms with E-state index in [0.717, 1.165) is 16.7 Å². The maximum absolute atomic E-state index is 12.3. The SMILES string of the molecule is Cc1cccc(C(NC(=O)CCc2nc(-c3ccsc3)no2)C(=O)O)c1C. The van der Waals surface area contributed by atoms with Gasteiger partial charge in [0.05, 0.1) is 0 Å². The number of nitrogens with zero attached hydrogens (tertiary/aromatic N) is 2. The Bertz CT molecular complexity index is 950. The van der Waals surface area contributed by atoms with E-state index in [1.807, 2.05) is 36.7 Å². The summed E-state index contributed by atoms with van der Waals surface area (Å²) < 4.78 is 5.16. The van der Waals surface area contributed by atoms with Crippen molar-refractivity contribution in [2.24, 2.45) is 0 Å². The highest BCUT2D eigenvalue weighted by Gasteiger charge is 2.24. The van der Waals surface area contributed by atoms with E-state index in [2.05, 4.69) is 15.5 Å². The molecule has 1 amide bonds. The first-order valence-electron chi connectivity index (χ1n) is 8.39. The van der Waals surface area contributed by atoms with Crippen molar-refractivity contribution in [3.63, 3.8) is 0 Å². The minimum atomic E-state index is -1.10. The fraction of sp³-hybridized carbons (Fsp3) is 0.263. The number of amides is 1. The normalized spacial score (nSPS) is 11.9. The Morgan fingerprint density at radius 3 is 2.81 bits per heavy atom. The smallest absolute Gasteiger partial charge is 0.330 e. The van der Waals surface area contributed by atoms with Gasteiger partial charge in [0.1, 0.15) is 0 Å². The molecule has 1 unspecified atom stereocenters. The number of rotatable bonds is 7. The summed E-state index contributed by atoms with van der Waals surface area (Å²) in [4.78, 5) is 28.2. The fourth-order valence-electron chi connectivity index (χ4n) is 2.68. The zero-order valence-corrected chi connectivity index (χ0v) is 15.7. The fourth-order valence-corrected chi connectivity index (χ4v) is 3.31. The molecule has 1 aromatic carbocycles. The number of thiophene rings is 1. The number of hydrogen-bond acceptors (Lipinski definition) is 6.